The maximum Gasteiger partial charge on any atom is 0.490 e. The number of halogens is 3. The normalized spacial score (nSPS) is 20.1. The number of amides is 1. The highest BCUT2D eigenvalue weighted by atomic mass is 19.4. The highest BCUT2D eigenvalue weighted by Gasteiger charge is 2.38. The Morgan fingerprint density at radius 2 is 1.87 bits per heavy atom. The van der Waals surface area contributed by atoms with Crippen molar-refractivity contribution in [1.82, 2.24) is 19.8 Å². The van der Waals surface area contributed by atoms with E-state index in [0.29, 0.717) is 6.54 Å². The van der Waals surface area contributed by atoms with Gasteiger partial charge in [-0.3, -0.25) is 9.69 Å². The van der Waals surface area contributed by atoms with Gasteiger partial charge in [-0.1, -0.05) is 0 Å². The van der Waals surface area contributed by atoms with Crippen molar-refractivity contribution in [2.24, 2.45) is 11.8 Å². The predicted molar refractivity (Wildman–Crippen MR) is 99.3 cm³/mol. The molecule has 168 valence electrons. The van der Waals surface area contributed by atoms with Gasteiger partial charge in [0.2, 0.25) is 5.91 Å². The summed E-state index contributed by atoms with van der Waals surface area (Å²) in [6.45, 7) is 6.58. The summed E-state index contributed by atoms with van der Waals surface area (Å²) in [5.74, 6) is -0.375. The number of carbonyl (C=O) groups excluding carboxylic acids is 1. The molecule has 0 aromatic carbocycles. The molecule has 2 fully saturated rings. The Hall–Kier alpha value is -2.14. The van der Waals surface area contributed by atoms with Crippen LogP contribution in [0.15, 0.2) is 6.20 Å². The lowest BCUT2D eigenvalue weighted by molar-refractivity contribution is -0.192. The number of nitrogens with one attached hydrogen (secondary N) is 1. The number of aliphatic carboxylic acids is 1. The second kappa shape index (κ2) is 9.78. The molecule has 4 rings (SSSR count). The van der Waals surface area contributed by atoms with Crippen molar-refractivity contribution >= 4 is 11.9 Å². The van der Waals surface area contributed by atoms with Crippen LogP contribution in [0.3, 0.4) is 0 Å². The molecular formula is C19H27F3N4O4. The Morgan fingerprint density at radius 1 is 1.20 bits per heavy atom. The van der Waals surface area contributed by atoms with Gasteiger partial charge >= 0.3 is 12.1 Å². The maximum absolute atomic E-state index is 11.8. The van der Waals surface area contributed by atoms with Crippen molar-refractivity contribution in [3.8, 4) is 0 Å². The Kier molecular flexibility index (Phi) is 7.35. The van der Waals surface area contributed by atoms with E-state index in [4.69, 9.17) is 14.6 Å². The molecule has 1 amide bonds. The first-order chi connectivity index (χ1) is 14.2. The average Bonchev–Trinajstić information content (AvgIpc) is 3.48. The number of rotatable bonds is 5. The van der Waals surface area contributed by atoms with Crippen molar-refractivity contribution in [3.63, 3.8) is 0 Å². The summed E-state index contributed by atoms with van der Waals surface area (Å²) < 4.78 is 39.5. The lowest BCUT2D eigenvalue weighted by atomic mass is 9.99. The van der Waals surface area contributed by atoms with E-state index >= 15 is 0 Å². The summed E-state index contributed by atoms with van der Waals surface area (Å²) >= 11 is 0. The van der Waals surface area contributed by atoms with Crippen LogP contribution < -0.4 is 5.32 Å². The maximum atomic E-state index is 11.8. The zero-order valence-electron chi connectivity index (χ0n) is 16.7. The molecular weight excluding hydrogens is 405 g/mol. The Bertz CT molecular complexity index is 743. The molecule has 0 atom stereocenters. The van der Waals surface area contributed by atoms with Crippen molar-refractivity contribution in [2.45, 2.75) is 51.5 Å². The molecule has 1 aromatic heterocycles. The van der Waals surface area contributed by atoms with Crippen LogP contribution in [0, 0.1) is 11.8 Å². The third-order valence-corrected chi connectivity index (χ3v) is 5.52. The second-order valence-electron chi connectivity index (χ2n) is 7.90. The van der Waals surface area contributed by atoms with Crippen molar-refractivity contribution < 1.29 is 32.6 Å². The van der Waals surface area contributed by atoms with Gasteiger partial charge in [-0.25, -0.2) is 9.78 Å². The van der Waals surface area contributed by atoms with Crippen molar-refractivity contribution in [1.29, 1.82) is 0 Å². The van der Waals surface area contributed by atoms with E-state index in [9.17, 15) is 18.0 Å². The first-order valence-corrected chi connectivity index (χ1v) is 10.1. The predicted octanol–water partition coefficient (Wildman–Crippen LogP) is 1.78. The third-order valence-electron chi connectivity index (χ3n) is 5.52. The number of carboxylic acid groups (broad SMARTS) is 1. The molecule has 3 aliphatic rings. The number of carbonyl (C=O) groups is 2. The molecule has 8 nitrogen and oxygen atoms in total. The SMILES string of the molecule is O=C(NCc1cnc2n1CCN(CC1CCOCC1)C2)C1CC1.O=C(O)C(F)(F)F. The van der Waals surface area contributed by atoms with E-state index in [1.165, 1.54) is 12.8 Å². The minimum atomic E-state index is -5.08. The average molecular weight is 432 g/mol. The number of fused-ring (bicyclic) bond motifs is 1. The third kappa shape index (κ3) is 6.43. The van der Waals surface area contributed by atoms with Gasteiger partial charge in [-0.15, -0.1) is 0 Å². The number of aromatic nitrogens is 2. The summed E-state index contributed by atoms with van der Waals surface area (Å²) in [5.41, 5.74) is 1.14. The molecule has 1 aromatic rings. The molecule has 2 aliphatic heterocycles. The highest BCUT2D eigenvalue weighted by Crippen LogP contribution is 2.29. The lowest BCUT2D eigenvalue weighted by Gasteiger charge is -2.33. The number of carboxylic acids is 1. The van der Waals surface area contributed by atoms with Gasteiger partial charge in [0.1, 0.15) is 5.82 Å². The molecule has 1 aliphatic carbocycles. The van der Waals surface area contributed by atoms with Crippen LogP contribution >= 0.6 is 0 Å². The summed E-state index contributed by atoms with van der Waals surface area (Å²) in [6.07, 6.45) is 1.32. The van der Waals surface area contributed by atoms with Crippen LogP contribution in [0.2, 0.25) is 0 Å². The van der Waals surface area contributed by atoms with Gasteiger partial charge < -0.3 is 19.7 Å². The van der Waals surface area contributed by atoms with Crippen LogP contribution in [0.1, 0.15) is 37.2 Å². The topological polar surface area (TPSA) is 96.7 Å². The van der Waals surface area contributed by atoms with Gasteiger partial charge in [0.15, 0.2) is 0 Å². The van der Waals surface area contributed by atoms with Gasteiger partial charge in [-0.2, -0.15) is 13.2 Å². The minimum Gasteiger partial charge on any atom is -0.475 e. The first kappa shape index (κ1) is 22.5. The number of alkyl halides is 3. The van der Waals surface area contributed by atoms with Crippen LogP contribution in [0.4, 0.5) is 13.2 Å². The lowest BCUT2D eigenvalue weighted by Crippen LogP contribution is -2.39. The second-order valence-corrected chi connectivity index (χ2v) is 7.90. The van der Waals surface area contributed by atoms with E-state index in [1.54, 1.807) is 0 Å². The fourth-order valence-electron chi connectivity index (χ4n) is 3.63. The highest BCUT2D eigenvalue weighted by molar-refractivity contribution is 5.80. The quantitative estimate of drug-likeness (QED) is 0.737. The van der Waals surface area contributed by atoms with E-state index in [1.807, 2.05) is 6.20 Å². The summed E-state index contributed by atoms with van der Waals surface area (Å²) in [7, 11) is 0. The summed E-state index contributed by atoms with van der Waals surface area (Å²) in [5, 5.41) is 10.2. The van der Waals surface area contributed by atoms with Gasteiger partial charge in [0.25, 0.3) is 0 Å². The summed E-state index contributed by atoms with van der Waals surface area (Å²) in [6, 6.07) is 0. The Morgan fingerprint density at radius 3 is 2.47 bits per heavy atom. The first-order valence-electron chi connectivity index (χ1n) is 10.1. The Labute approximate surface area is 172 Å². The minimum absolute atomic E-state index is 0.206. The molecule has 30 heavy (non-hydrogen) atoms. The monoisotopic (exact) mass is 432 g/mol. The number of ether oxygens (including phenoxy) is 1. The smallest absolute Gasteiger partial charge is 0.475 e. The van der Waals surface area contributed by atoms with E-state index < -0.39 is 12.1 Å². The Balaban J connectivity index is 0.000000318. The summed E-state index contributed by atoms with van der Waals surface area (Å²) in [4.78, 5) is 27.8. The molecule has 1 saturated heterocycles. The molecule has 0 spiro atoms. The number of nitrogens with zero attached hydrogens (tertiary/aromatic N) is 3. The van der Waals surface area contributed by atoms with Gasteiger partial charge in [0.05, 0.1) is 25.0 Å². The van der Waals surface area contributed by atoms with E-state index in [-0.39, 0.29) is 11.8 Å². The number of hydrogen-bond acceptors (Lipinski definition) is 5. The van der Waals surface area contributed by atoms with Crippen molar-refractivity contribution in [2.75, 3.05) is 26.3 Å². The van der Waals surface area contributed by atoms with Crippen LogP contribution in [-0.2, 0) is 34.0 Å². The fraction of sp³-hybridized carbons (Fsp3) is 0.737. The molecule has 0 unspecified atom stereocenters. The largest absolute Gasteiger partial charge is 0.490 e. The number of hydrogen-bond donors (Lipinski definition) is 2. The molecule has 3 heterocycles. The zero-order chi connectivity index (χ0) is 21.7. The van der Waals surface area contributed by atoms with E-state index in [0.717, 1.165) is 69.7 Å². The number of imidazole rings is 1. The van der Waals surface area contributed by atoms with Crippen LogP contribution in [-0.4, -0.2) is 63.9 Å². The van der Waals surface area contributed by atoms with Gasteiger partial charge in [-0.05, 0) is 31.6 Å². The zero-order valence-corrected chi connectivity index (χ0v) is 16.7. The molecule has 11 heteroatoms. The molecule has 2 N–H and O–H groups in total. The molecule has 0 bridgehead atoms. The fourth-order valence-corrected chi connectivity index (χ4v) is 3.63. The van der Waals surface area contributed by atoms with Crippen molar-refractivity contribution in [3.05, 3.63) is 17.7 Å². The van der Waals surface area contributed by atoms with Crippen LogP contribution in [0.5, 0.6) is 0 Å². The van der Waals surface area contributed by atoms with Gasteiger partial charge in [0, 0.05) is 38.8 Å². The standard InChI is InChI=1S/C17H26N4O2.C2HF3O2/c22-17(14-1-2-14)19-10-15-9-18-16-12-20(5-6-21(15)16)11-13-3-7-23-8-4-13;3-2(4,5)1(6)7/h9,13-14H,1-8,10-12H2,(H,19,22);(H,6,7). The van der Waals surface area contributed by atoms with E-state index in [2.05, 4.69) is 19.8 Å². The molecule has 0 radical (unpaired) electrons. The van der Waals surface area contributed by atoms with Crippen LogP contribution in [0.25, 0.3) is 0 Å². The molecule has 1 saturated carbocycles.